The number of halogens is 1. The lowest BCUT2D eigenvalue weighted by Gasteiger charge is -2.06. The Bertz CT molecular complexity index is 301. The number of benzene rings is 1. The summed E-state index contributed by atoms with van der Waals surface area (Å²) in [6.45, 7) is 0.938. The van der Waals surface area contributed by atoms with Crippen LogP contribution in [0.25, 0.3) is 0 Å². The Kier molecular flexibility index (Phi) is 1.83. The molecular weight excluding hydrogens is 157 g/mol. The first-order chi connectivity index (χ1) is 5.81. The molecule has 64 valence electrons. The summed E-state index contributed by atoms with van der Waals surface area (Å²) < 4.78 is 18.0. The van der Waals surface area contributed by atoms with Crippen molar-refractivity contribution in [1.82, 2.24) is 0 Å². The molecule has 0 amide bonds. The molecule has 2 nitrogen and oxygen atoms in total. The van der Waals surface area contributed by atoms with Gasteiger partial charge in [0.1, 0.15) is 5.82 Å². The maximum absolute atomic E-state index is 12.7. The quantitative estimate of drug-likeness (QED) is 0.685. The maximum atomic E-state index is 12.7. The molecule has 1 aliphatic rings. The summed E-state index contributed by atoms with van der Waals surface area (Å²) in [5.74, 6) is -0.213. The average Bonchev–Trinajstić information content (AvgIpc) is 2.46. The first-order valence-electron chi connectivity index (χ1n) is 3.91. The Morgan fingerprint density at radius 3 is 3.17 bits per heavy atom. The highest BCUT2D eigenvalue weighted by Gasteiger charge is 2.21. The van der Waals surface area contributed by atoms with E-state index in [4.69, 9.17) is 10.5 Å². The molecule has 0 radical (unpaired) electrons. The van der Waals surface area contributed by atoms with Crippen LogP contribution in [0.5, 0.6) is 0 Å². The largest absolute Gasteiger partial charge is 0.368 e. The Hall–Kier alpha value is -0.930. The van der Waals surface area contributed by atoms with Gasteiger partial charge in [0.15, 0.2) is 0 Å². The van der Waals surface area contributed by atoms with E-state index in [9.17, 15) is 4.39 Å². The fraction of sp³-hybridized carbons (Fsp3) is 0.333. The van der Waals surface area contributed by atoms with E-state index in [1.54, 1.807) is 6.07 Å². The molecule has 1 aliphatic heterocycles. The Morgan fingerprint density at radius 1 is 1.58 bits per heavy atom. The smallest absolute Gasteiger partial charge is 0.123 e. The fourth-order valence-electron chi connectivity index (χ4n) is 1.49. The summed E-state index contributed by atoms with van der Waals surface area (Å²) in [7, 11) is 0. The van der Waals surface area contributed by atoms with Crippen molar-refractivity contribution in [2.75, 3.05) is 6.54 Å². The predicted octanol–water partition coefficient (Wildman–Crippen LogP) is 1.36. The summed E-state index contributed by atoms with van der Waals surface area (Å²) in [6.07, 6.45) is -0.0411. The summed E-state index contributed by atoms with van der Waals surface area (Å²) in [6, 6.07) is 4.69. The lowest BCUT2D eigenvalue weighted by Crippen LogP contribution is -2.10. The molecule has 0 aliphatic carbocycles. The van der Waals surface area contributed by atoms with Crippen molar-refractivity contribution in [2.24, 2.45) is 5.73 Å². The molecule has 3 heteroatoms. The molecule has 2 N–H and O–H groups in total. The molecule has 0 bridgehead atoms. The van der Waals surface area contributed by atoms with E-state index in [2.05, 4.69) is 0 Å². The summed E-state index contributed by atoms with van der Waals surface area (Å²) in [5.41, 5.74) is 7.42. The lowest BCUT2D eigenvalue weighted by atomic mass is 10.1. The third-order valence-electron chi connectivity index (χ3n) is 2.11. The van der Waals surface area contributed by atoms with E-state index >= 15 is 0 Å². The summed E-state index contributed by atoms with van der Waals surface area (Å²) in [5, 5.41) is 0. The summed E-state index contributed by atoms with van der Waals surface area (Å²) in [4.78, 5) is 0. The highest BCUT2D eigenvalue weighted by molar-refractivity contribution is 5.32. The third kappa shape index (κ3) is 1.11. The second-order valence-corrected chi connectivity index (χ2v) is 2.88. The molecule has 1 atom stereocenters. The minimum absolute atomic E-state index is 0.0411. The van der Waals surface area contributed by atoms with Crippen LogP contribution in [0.4, 0.5) is 4.39 Å². The zero-order valence-corrected chi connectivity index (χ0v) is 6.59. The number of ether oxygens (including phenoxy) is 1. The van der Waals surface area contributed by atoms with E-state index in [-0.39, 0.29) is 11.9 Å². The third-order valence-corrected chi connectivity index (χ3v) is 2.11. The molecule has 1 heterocycles. The van der Waals surface area contributed by atoms with E-state index in [1.807, 2.05) is 0 Å². The van der Waals surface area contributed by atoms with E-state index in [0.717, 1.165) is 11.1 Å². The van der Waals surface area contributed by atoms with Gasteiger partial charge in [0.2, 0.25) is 0 Å². The van der Waals surface area contributed by atoms with Crippen molar-refractivity contribution in [3.63, 3.8) is 0 Å². The highest BCUT2D eigenvalue weighted by atomic mass is 19.1. The SMILES string of the molecule is NCC1OCc2cc(F)ccc21. The van der Waals surface area contributed by atoms with Gasteiger partial charge >= 0.3 is 0 Å². The van der Waals surface area contributed by atoms with Gasteiger partial charge in [-0.2, -0.15) is 0 Å². The van der Waals surface area contributed by atoms with E-state index in [1.165, 1.54) is 12.1 Å². The van der Waals surface area contributed by atoms with Gasteiger partial charge in [-0.3, -0.25) is 0 Å². The molecule has 12 heavy (non-hydrogen) atoms. The van der Waals surface area contributed by atoms with Gasteiger partial charge < -0.3 is 10.5 Å². The van der Waals surface area contributed by atoms with Gasteiger partial charge in [0.05, 0.1) is 12.7 Å². The van der Waals surface area contributed by atoms with Crippen molar-refractivity contribution < 1.29 is 9.13 Å². The molecule has 0 aromatic heterocycles. The zero-order valence-electron chi connectivity index (χ0n) is 6.59. The monoisotopic (exact) mass is 167 g/mol. The standard InChI is InChI=1S/C9H10FNO/c10-7-1-2-8-6(3-7)5-12-9(8)4-11/h1-3,9H,4-5,11H2. The maximum Gasteiger partial charge on any atom is 0.123 e. The van der Waals surface area contributed by atoms with Crippen LogP contribution in [0, 0.1) is 5.82 Å². The van der Waals surface area contributed by atoms with Crippen molar-refractivity contribution in [3.05, 3.63) is 35.1 Å². The number of hydrogen-bond acceptors (Lipinski definition) is 2. The number of fused-ring (bicyclic) bond motifs is 1. The Morgan fingerprint density at radius 2 is 2.42 bits per heavy atom. The zero-order chi connectivity index (χ0) is 8.55. The Labute approximate surface area is 70.1 Å². The normalized spacial score (nSPS) is 21.0. The molecule has 0 saturated carbocycles. The molecule has 0 spiro atoms. The van der Waals surface area contributed by atoms with E-state index in [0.29, 0.717) is 13.2 Å². The van der Waals surface area contributed by atoms with Crippen LogP contribution in [-0.2, 0) is 11.3 Å². The van der Waals surface area contributed by atoms with Crippen LogP contribution in [0.15, 0.2) is 18.2 Å². The molecule has 1 unspecified atom stereocenters. The minimum Gasteiger partial charge on any atom is -0.368 e. The molecule has 0 fully saturated rings. The second kappa shape index (κ2) is 2.84. The lowest BCUT2D eigenvalue weighted by molar-refractivity contribution is 0.0723. The minimum atomic E-state index is -0.213. The van der Waals surface area contributed by atoms with E-state index < -0.39 is 0 Å². The van der Waals surface area contributed by atoms with Gasteiger partial charge in [-0.25, -0.2) is 4.39 Å². The molecule has 1 aromatic rings. The molecule has 0 saturated heterocycles. The van der Waals surface area contributed by atoms with Gasteiger partial charge in [-0.1, -0.05) is 6.07 Å². The molecular formula is C9H10FNO. The van der Waals surface area contributed by atoms with Crippen LogP contribution in [-0.4, -0.2) is 6.54 Å². The first-order valence-corrected chi connectivity index (χ1v) is 3.91. The fourth-order valence-corrected chi connectivity index (χ4v) is 1.49. The first kappa shape index (κ1) is 7.71. The number of rotatable bonds is 1. The van der Waals surface area contributed by atoms with Gasteiger partial charge in [-0.05, 0) is 23.3 Å². The van der Waals surface area contributed by atoms with Crippen molar-refractivity contribution in [2.45, 2.75) is 12.7 Å². The van der Waals surface area contributed by atoms with Gasteiger partial charge in [0, 0.05) is 6.54 Å². The summed E-state index contributed by atoms with van der Waals surface area (Å²) >= 11 is 0. The molecule has 2 rings (SSSR count). The van der Waals surface area contributed by atoms with Gasteiger partial charge in [0.25, 0.3) is 0 Å². The van der Waals surface area contributed by atoms with Gasteiger partial charge in [-0.15, -0.1) is 0 Å². The predicted molar refractivity (Wildman–Crippen MR) is 43.0 cm³/mol. The number of hydrogen-bond donors (Lipinski definition) is 1. The van der Waals surface area contributed by atoms with Crippen molar-refractivity contribution >= 4 is 0 Å². The Balaban J connectivity index is 2.40. The molecule has 1 aromatic carbocycles. The van der Waals surface area contributed by atoms with Crippen LogP contribution in [0.3, 0.4) is 0 Å². The average molecular weight is 167 g/mol. The van der Waals surface area contributed by atoms with Crippen LogP contribution < -0.4 is 5.73 Å². The topological polar surface area (TPSA) is 35.2 Å². The highest BCUT2D eigenvalue weighted by Crippen LogP contribution is 2.29. The van der Waals surface area contributed by atoms with Crippen molar-refractivity contribution in [1.29, 1.82) is 0 Å². The van der Waals surface area contributed by atoms with Crippen molar-refractivity contribution in [3.8, 4) is 0 Å². The second-order valence-electron chi connectivity index (χ2n) is 2.88. The van der Waals surface area contributed by atoms with Crippen LogP contribution in [0.2, 0.25) is 0 Å². The number of nitrogens with two attached hydrogens (primary N) is 1. The van der Waals surface area contributed by atoms with Crippen LogP contribution >= 0.6 is 0 Å². The van der Waals surface area contributed by atoms with Crippen LogP contribution in [0.1, 0.15) is 17.2 Å².